The van der Waals surface area contributed by atoms with Crippen molar-refractivity contribution in [1.82, 2.24) is 15.5 Å². The van der Waals surface area contributed by atoms with Gasteiger partial charge in [-0.2, -0.15) is 0 Å². The molecule has 3 heterocycles. The maximum atomic E-state index is 12.4. The highest BCUT2D eigenvalue weighted by Gasteiger charge is 2.18. The highest BCUT2D eigenvalue weighted by atomic mass is 16.5. The van der Waals surface area contributed by atoms with Gasteiger partial charge in [0.15, 0.2) is 0 Å². The largest absolute Gasteiger partial charge is 0.361 e. The summed E-state index contributed by atoms with van der Waals surface area (Å²) < 4.78 is 5.18. The molecule has 146 valence electrons. The summed E-state index contributed by atoms with van der Waals surface area (Å²) in [6.45, 7) is 8.40. The van der Waals surface area contributed by atoms with Crippen molar-refractivity contribution in [2.24, 2.45) is 5.92 Å². The van der Waals surface area contributed by atoms with E-state index in [-0.39, 0.29) is 11.8 Å². The van der Waals surface area contributed by atoms with Gasteiger partial charge in [0.2, 0.25) is 5.91 Å². The number of nitrogens with one attached hydrogen (secondary N) is 1. The van der Waals surface area contributed by atoms with Gasteiger partial charge in [-0.25, -0.2) is 4.98 Å². The smallest absolute Gasteiger partial charge is 0.223 e. The van der Waals surface area contributed by atoms with Crippen LogP contribution < -0.4 is 10.2 Å². The molecule has 6 nitrogen and oxygen atoms in total. The fourth-order valence-corrected chi connectivity index (χ4v) is 3.56. The Morgan fingerprint density at radius 1 is 1.22 bits per heavy atom. The standard InChI is InChI=1S/C21H30N4O2/c1-15(12-19-16(2)24-27-17(19)3)21(26)23-14-18-8-9-20(22-13-18)25-10-6-4-5-7-11-25/h8-9,13,15H,4-7,10-12,14H2,1-3H3,(H,23,26). The molecule has 0 bridgehead atoms. The van der Waals surface area contributed by atoms with Crippen molar-refractivity contribution in [3.8, 4) is 0 Å². The van der Waals surface area contributed by atoms with Crippen LogP contribution in [0.3, 0.4) is 0 Å². The van der Waals surface area contributed by atoms with Gasteiger partial charge in [-0.3, -0.25) is 4.79 Å². The highest BCUT2D eigenvalue weighted by molar-refractivity contribution is 5.78. The van der Waals surface area contributed by atoms with E-state index >= 15 is 0 Å². The molecular formula is C21H30N4O2. The Labute approximate surface area is 161 Å². The molecule has 2 aromatic rings. The zero-order chi connectivity index (χ0) is 19.2. The SMILES string of the molecule is Cc1noc(C)c1CC(C)C(=O)NCc1ccc(N2CCCCCC2)nc1. The number of aryl methyl sites for hydroxylation is 2. The first-order valence-electron chi connectivity index (χ1n) is 9.94. The van der Waals surface area contributed by atoms with Crippen LogP contribution in [-0.2, 0) is 17.8 Å². The van der Waals surface area contributed by atoms with Crippen LogP contribution in [0.4, 0.5) is 5.82 Å². The van der Waals surface area contributed by atoms with E-state index in [1.807, 2.05) is 27.0 Å². The normalized spacial score (nSPS) is 16.0. The summed E-state index contributed by atoms with van der Waals surface area (Å²) in [5, 5.41) is 6.97. The van der Waals surface area contributed by atoms with E-state index in [9.17, 15) is 4.79 Å². The molecule has 0 aromatic carbocycles. The first kappa shape index (κ1) is 19.4. The summed E-state index contributed by atoms with van der Waals surface area (Å²) in [5.41, 5.74) is 2.91. The maximum absolute atomic E-state index is 12.4. The minimum atomic E-state index is -0.133. The molecule has 3 rings (SSSR count). The van der Waals surface area contributed by atoms with Crippen molar-refractivity contribution in [2.45, 2.75) is 59.4 Å². The summed E-state index contributed by atoms with van der Waals surface area (Å²) in [6.07, 6.45) is 7.61. The molecule has 6 heteroatoms. The van der Waals surface area contributed by atoms with Crippen LogP contribution in [-0.4, -0.2) is 29.1 Å². The van der Waals surface area contributed by atoms with Crippen molar-refractivity contribution in [3.63, 3.8) is 0 Å². The average Bonchev–Trinajstić information content (AvgIpc) is 2.88. The Kier molecular flexibility index (Phi) is 6.48. The number of rotatable bonds is 6. The molecule has 1 amide bonds. The first-order chi connectivity index (χ1) is 13.0. The monoisotopic (exact) mass is 370 g/mol. The second-order valence-corrected chi connectivity index (χ2v) is 7.55. The molecule has 1 aliphatic rings. The number of carbonyl (C=O) groups excluding carboxylic acids is 1. The van der Waals surface area contributed by atoms with E-state index < -0.39 is 0 Å². The fraction of sp³-hybridized carbons (Fsp3) is 0.571. The molecule has 27 heavy (non-hydrogen) atoms. The summed E-state index contributed by atoms with van der Waals surface area (Å²) in [7, 11) is 0. The van der Waals surface area contributed by atoms with E-state index in [0.717, 1.165) is 41.5 Å². The van der Waals surface area contributed by atoms with Crippen LogP contribution in [0, 0.1) is 19.8 Å². The van der Waals surface area contributed by atoms with Gasteiger partial charge < -0.3 is 14.7 Å². The molecule has 0 aliphatic carbocycles. The minimum absolute atomic E-state index is 0.0339. The van der Waals surface area contributed by atoms with Gasteiger partial charge in [0.05, 0.1) is 5.69 Å². The van der Waals surface area contributed by atoms with Crippen LogP contribution in [0.5, 0.6) is 0 Å². The zero-order valence-electron chi connectivity index (χ0n) is 16.6. The van der Waals surface area contributed by atoms with Crippen LogP contribution in [0.25, 0.3) is 0 Å². The predicted octanol–water partition coefficient (Wildman–Crippen LogP) is 3.56. The van der Waals surface area contributed by atoms with Crippen molar-refractivity contribution < 1.29 is 9.32 Å². The number of amides is 1. The van der Waals surface area contributed by atoms with Gasteiger partial charge in [-0.05, 0) is 44.7 Å². The third-order valence-corrected chi connectivity index (χ3v) is 5.35. The van der Waals surface area contributed by atoms with Gasteiger partial charge in [-0.15, -0.1) is 0 Å². The van der Waals surface area contributed by atoms with Gasteiger partial charge >= 0.3 is 0 Å². The van der Waals surface area contributed by atoms with Crippen molar-refractivity contribution in [1.29, 1.82) is 0 Å². The molecule has 0 spiro atoms. The fourth-order valence-electron chi connectivity index (χ4n) is 3.56. The van der Waals surface area contributed by atoms with E-state index in [1.165, 1.54) is 25.7 Å². The second kappa shape index (κ2) is 9.02. The number of carbonyl (C=O) groups is 1. The summed E-state index contributed by atoms with van der Waals surface area (Å²) in [5.74, 6) is 1.73. The Bertz CT molecular complexity index is 727. The lowest BCUT2D eigenvalue weighted by Gasteiger charge is -2.21. The lowest BCUT2D eigenvalue weighted by molar-refractivity contribution is -0.124. The zero-order valence-corrected chi connectivity index (χ0v) is 16.6. The van der Waals surface area contributed by atoms with Crippen molar-refractivity contribution in [3.05, 3.63) is 40.9 Å². The topological polar surface area (TPSA) is 71.3 Å². The van der Waals surface area contributed by atoms with Gasteiger partial charge in [0.1, 0.15) is 11.6 Å². The van der Waals surface area contributed by atoms with E-state index in [0.29, 0.717) is 13.0 Å². The first-order valence-corrected chi connectivity index (χ1v) is 9.94. The highest BCUT2D eigenvalue weighted by Crippen LogP contribution is 2.19. The lowest BCUT2D eigenvalue weighted by Crippen LogP contribution is -2.30. The van der Waals surface area contributed by atoms with Crippen LogP contribution in [0.2, 0.25) is 0 Å². The Hall–Kier alpha value is -2.37. The van der Waals surface area contributed by atoms with Gasteiger partial charge in [0, 0.05) is 37.3 Å². The molecule has 1 atom stereocenters. The van der Waals surface area contributed by atoms with Crippen LogP contribution in [0.15, 0.2) is 22.9 Å². The van der Waals surface area contributed by atoms with E-state index in [2.05, 4.69) is 32.5 Å². The Morgan fingerprint density at radius 2 is 1.96 bits per heavy atom. The van der Waals surface area contributed by atoms with Crippen LogP contribution in [0.1, 0.15) is 55.2 Å². The average molecular weight is 370 g/mol. The molecule has 1 aliphatic heterocycles. The van der Waals surface area contributed by atoms with Crippen molar-refractivity contribution in [2.75, 3.05) is 18.0 Å². The van der Waals surface area contributed by atoms with Crippen molar-refractivity contribution >= 4 is 11.7 Å². The molecular weight excluding hydrogens is 340 g/mol. The molecule has 1 unspecified atom stereocenters. The molecule has 1 fully saturated rings. The number of nitrogens with zero attached hydrogens (tertiary/aromatic N) is 3. The number of anilines is 1. The number of pyridine rings is 1. The third-order valence-electron chi connectivity index (χ3n) is 5.35. The van der Waals surface area contributed by atoms with Gasteiger partial charge in [0.25, 0.3) is 0 Å². The molecule has 1 N–H and O–H groups in total. The third kappa shape index (κ3) is 5.08. The van der Waals surface area contributed by atoms with Gasteiger partial charge in [-0.1, -0.05) is 31.0 Å². The quantitative estimate of drug-likeness (QED) is 0.842. The molecule has 0 radical (unpaired) electrons. The summed E-state index contributed by atoms with van der Waals surface area (Å²) >= 11 is 0. The Balaban J connectivity index is 1.51. The van der Waals surface area contributed by atoms with E-state index in [1.54, 1.807) is 0 Å². The minimum Gasteiger partial charge on any atom is -0.361 e. The number of hydrogen-bond acceptors (Lipinski definition) is 5. The molecule has 0 saturated carbocycles. The second-order valence-electron chi connectivity index (χ2n) is 7.55. The molecule has 2 aromatic heterocycles. The summed E-state index contributed by atoms with van der Waals surface area (Å²) in [6, 6.07) is 4.13. The summed E-state index contributed by atoms with van der Waals surface area (Å²) in [4.78, 5) is 19.4. The predicted molar refractivity (Wildman–Crippen MR) is 106 cm³/mol. The Morgan fingerprint density at radius 3 is 2.56 bits per heavy atom. The molecule has 1 saturated heterocycles. The number of hydrogen-bond donors (Lipinski definition) is 1. The van der Waals surface area contributed by atoms with Crippen LogP contribution >= 0.6 is 0 Å². The maximum Gasteiger partial charge on any atom is 0.223 e. The van der Waals surface area contributed by atoms with E-state index in [4.69, 9.17) is 4.52 Å². The number of aromatic nitrogens is 2. The lowest BCUT2D eigenvalue weighted by atomic mass is 9.99.